The molecule has 2 N–H and O–H groups in total. The monoisotopic (exact) mass is 269 g/mol. The lowest BCUT2D eigenvalue weighted by molar-refractivity contribution is 0.102. The smallest absolute Gasteiger partial charge is 0.272 e. The summed E-state index contributed by atoms with van der Waals surface area (Å²) in [5.41, 5.74) is 0.407. The summed E-state index contributed by atoms with van der Waals surface area (Å²) in [6.45, 7) is -0.0308. The van der Waals surface area contributed by atoms with Crippen molar-refractivity contribution in [1.29, 1.82) is 5.26 Å². The van der Waals surface area contributed by atoms with Gasteiger partial charge in [0.1, 0.15) is 17.5 Å². The molecule has 1 amide bonds. The summed E-state index contributed by atoms with van der Waals surface area (Å²) in [5.74, 6) is 0.131. The zero-order valence-corrected chi connectivity index (χ0v) is 10.4. The molecule has 1 aromatic carbocycles. The Bertz CT molecular complexity index is 699. The zero-order chi connectivity index (χ0) is 14.4. The van der Waals surface area contributed by atoms with E-state index in [1.165, 1.54) is 18.2 Å². The molecule has 0 atom stereocenters. The van der Waals surface area contributed by atoms with Gasteiger partial charge in [-0.25, -0.2) is 0 Å². The van der Waals surface area contributed by atoms with E-state index in [-0.39, 0.29) is 17.9 Å². The molecule has 20 heavy (non-hydrogen) atoms. The van der Waals surface area contributed by atoms with Gasteiger partial charge in [-0.1, -0.05) is 6.07 Å². The Morgan fingerprint density at radius 2 is 2.00 bits per heavy atom. The van der Waals surface area contributed by atoms with E-state index < -0.39 is 5.91 Å². The molecule has 6 heteroatoms. The van der Waals surface area contributed by atoms with Crippen molar-refractivity contribution in [3.05, 3.63) is 58.5 Å². The summed E-state index contributed by atoms with van der Waals surface area (Å²) >= 11 is 0. The van der Waals surface area contributed by atoms with Crippen molar-refractivity contribution in [2.45, 2.75) is 0 Å². The summed E-state index contributed by atoms with van der Waals surface area (Å²) in [5, 5.41) is 11.0. The van der Waals surface area contributed by atoms with Crippen LogP contribution in [0.15, 0.2) is 47.3 Å². The number of ether oxygens (including phenoxy) is 1. The minimum absolute atomic E-state index is 0.0308. The summed E-state index contributed by atoms with van der Waals surface area (Å²) in [6, 6.07) is 12.8. The number of anilines is 1. The van der Waals surface area contributed by atoms with Crippen LogP contribution in [0.1, 0.15) is 10.5 Å². The number of carbonyl (C=O) groups is 1. The first-order valence-corrected chi connectivity index (χ1v) is 5.79. The summed E-state index contributed by atoms with van der Waals surface area (Å²) < 4.78 is 5.09. The fraction of sp³-hybridized carbons (Fsp3) is 0.0714. The first-order valence-electron chi connectivity index (χ1n) is 5.79. The minimum Gasteiger partial charge on any atom is -0.479 e. The van der Waals surface area contributed by atoms with Gasteiger partial charge >= 0.3 is 0 Å². The number of carbonyl (C=O) groups excluding carboxylic acids is 1. The number of benzene rings is 1. The number of hydrogen-bond donors (Lipinski definition) is 2. The van der Waals surface area contributed by atoms with Crippen LogP contribution in [0.5, 0.6) is 5.75 Å². The van der Waals surface area contributed by atoms with Crippen LogP contribution in [-0.4, -0.2) is 17.5 Å². The van der Waals surface area contributed by atoms with E-state index in [0.29, 0.717) is 11.4 Å². The van der Waals surface area contributed by atoms with E-state index in [0.717, 1.165) is 0 Å². The van der Waals surface area contributed by atoms with Crippen molar-refractivity contribution in [1.82, 2.24) is 4.98 Å². The molecule has 1 aromatic heterocycles. The molecule has 0 unspecified atom stereocenters. The van der Waals surface area contributed by atoms with E-state index in [4.69, 9.17) is 10.00 Å². The molecule has 2 aromatic rings. The quantitative estimate of drug-likeness (QED) is 0.879. The van der Waals surface area contributed by atoms with E-state index in [1.54, 1.807) is 24.3 Å². The van der Waals surface area contributed by atoms with Crippen LogP contribution in [0.3, 0.4) is 0 Å². The topological polar surface area (TPSA) is 95.0 Å². The van der Waals surface area contributed by atoms with Gasteiger partial charge in [-0.2, -0.15) is 5.26 Å². The highest BCUT2D eigenvalue weighted by atomic mass is 16.5. The molecule has 0 saturated carbocycles. The molecule has 0 saturated heterocycles. The van der Waals surface area contributed by atoms with Crippen LogP contribution in [0, 0.1) is 11.3 Å². The first-order chi connectivity index (χ1) is 9.69. The van der Waals surface area contributed by atoms with Crippen LogP contribution < -0.4 is 15.6 Å². The molecule has 0 bridgehead atoms. The predicted octanol–water partition coefficient (Wildman–Crippen LogP) is 1.53. The van der Waals surface area contributed by atoms with Crippen LogP contribution in [0.25, 0.3) is 0 Å². The SMILES string of the molecule is N#CCOc1ccc(NC(=O)c2cccc(=O)[nH]2)cc1. The van der Waals surface area contributed by atoms with E-state index in [9.17, 15) is 9.59 Å². The van der Waals surface area contributed by atoms with Gasteiger partial charge in [0.25, 0.3) is 5.91 Å². The van der Waals surface area contributed by atoms with Gasteiger partial charge in [0.2, 0.25) is 5.56 Å². The fourth-order valence-corrected chi connectivity index (χ4v) is 1.53. The highest BCUT2D eigenvalue weighted by Crippen LogP contribution is 2.15. The number of aromatic nitrogens is 1. The molecule has 6 nitrogen and oxygen atoms in total. The van der Waals surface area contributed by atoms with Crippen LogP contribution in [0.4, 0.5) is 5.69 Å². The summed E-state index contributed by atoms with van der Waals surface area (Å²) in [6.07, 6.45) is 0. The lowest BCUT2D eigenvalue weighted by atomic mass is 10.3. The Balaban J connectivity index is 2.05. The molecule has 0 fully saturated rings. The standard InChI is InChI=1S/C14H11N3O3/c15-8-9-20-11-6-4-10(5-7-11)16-14(19)12-2-1-3-13(18)17-12/h1-7H,9H2,(H,16,19)(H,17,18). The van der Waals surface area contributed by atoms with Crippen molar-refractivity contribution in [3.63, 3.8) is 0 Å². The number of aromatic amines is 1. The maximum absolute atomic E-state index is 11.9. The van der Waals surface area contributed by atoms with Gasteiger partial charge in [-0.3, -0.25) is 9.59 Å². The Hall–Kier alpha value is -3.07. The molecule has 0 aliphatic carbocycles. The van der Waals surface area contributed by atoms with Gasteiger partial charge in [-0.05, 0) is 30.3 Å². The lowest BCUT2D eigenvalue weighted by Crippen LogP contribution is -2.17. The van der Waals surface area contributed by atoms with Gasteiger partial charge in [-0.15, -0.1) is 0 Å². The van der Waals surface area contributed by atoms with Gasteiger partial charge in [0.05, 0.1) is 0 Å². The number of rotatable bonds is 4. The normalized spacial score (nSPS) is 9.55. The predicted molar refractivity (Wildman–Crippen MR) is 72.6 cm³/mol. The number of H-pyrrole nitrogens is 1. The minimum atomic E-state index is -0.409. The molecule has 0 radical (unpaired) electrons. The molecule has 2 rings (SSSR count). The average molecular weight is 269 g/mol. The Morgan fingerprint density at radius 3 is 2.65 bits per heavy atom. The number of nitrogens with one attached hydrogen (secondary N) is 2. The van der Waals surface area contributed by atoms with Crippen molar-refractivity contribution in [3.8, 4) is 11.8 Å². The molecule has 1 heterocycles. The van der Waals surface area contributed by atoms with Gasteiger partial charge in [0, 0.05) is 11.8 Å². The molecule has 0 aliphatic rings. The van der Waals surface area contributed by atoms with E-state index in [2.05, 4.69) is 10.3 Å². The highest BCUT2D eigenvalue weighted by Gasteiger charge is 2.06. The number of pyridine rings is 1. The van der Waals surface area contributed by atoms with E-state index >= 15 is 0 Å². The fourth-order valence-electron chi connectivity index (χ4n) is 1.53. The first kappa shape index (κ1) is 13.4. The van der Waals surface area contributed by atoms with Crippen LogP contribution >= 0.6 is 0 Å². The lowest BCUT2D eigenvalue weighted by Gasteiger charge is -2.06. The van der Waals surface area contributed by atoms with Gasteiger partial charge in [0.15, 0.2) is 6.61 Å². The van der Waals surface area contributed by atoms with Crippen molar-refractivity contribution < 1.29 is 9.53 Å². The molecular formula is C14H11N3O3. The van der Waals surface area contributed by atoms with Gasteiger partial charge < -0.3 is 15.0 Å². The van der Waals surface area contributed by atoms with Crippen LogP contribution in [0.2, 0.25) is 0 Å². The Labute approximate surface area is 114 Å². The number of amides is 1. The Morgan fingerprint density at radius 1 is 1.25 bits per heavy atom. The number of nitrogens with zero attached hydrogens (tertiary/aromatic N) is 1. The molecule has 100 valence electrons. The second-order valence-corrected chi connectivity index (χ2v) is 3.85. The number of nitriles is 1. The highest BCUT2D eigenvalue weighted by molar-refractivity contribution is 6.02. The second kappa shape index (κ2) is 6.20. The van der Waals surface area contributed by atoms with E-state index in [1.807, 2.05) is 6.07 Å². The zero-order valence-electron chi connectivity index (χ0n) is 10.4. The third-order valence-electron chi connectivity index (χ3n) is 2.43. The molecule has 0 spiro atoms. The molecule has 0 aliphatic heterocycles. The Kier molecular flexibility index (Phi) is 4.14. The second-order valence-electron chi connectivity index (χ2n) is 3.85. The summed E-state index contributed by atoms with van der Waals surface area (Å²) in [4.78, 5) is 25.4. The maximum Gasteiger partial charge on any atom is 0.272 e. The largest absolute Gasteiger partial charge is 0.479 e. The third kappa shape index (κ3) is 3.46. The maximum atomic E-state index is 11.9. The number of hydrogen-bond acceptors (Lipinski definition) is 4. The van der Waals surface area contributed by atoms with Crippen molar-refractivity contribution in [2.75, 3.05) is 11.9 Å². The third-order valence-corrected chi connectivity index (χ3v) is 2.43. The van der Waals surface area contributed by atoms with Crippen molar-refractivity contribution in [2.24, 2.45) is 0 Å². The summed E-state index contributed by atoms with van der Waals surface area (Å²) in [7, 11) is 0. The van der Waals surface area contributed by atoms with Crippen LogP contribution in [-0.2, 0) is 0 Å². The molecular weight excluding hydrogens is 258 g/mol. The average Bonchev–Trinajstić information content (AvgIpc) is 2.46. The van der Waals surface area contributed by atoms with Crippen molar-refractivity contribution >= 4 is 11.6 Å².